The van der Waals surface area contributed by atoms with Gasteiger partial charge in [0.1, 0.15) is 32.7 Å². The number of fused-ring (bicyclic) bond motifs is 1. The van der Waals surface area contributed by atoms with E-state index in [0.29, 0.717) is 27.8 Å². The molecule has 3 amide bonds. The predicted octanol–water partition coefficient (Wildman–Crippen LogP) is 1.10. The van der Waals surface area contributed by atoms with Crippen LogP contribution >= 0.6 is 57.8 Å². The molecule has 18 heteroatoms. The Morgan fingerprint density at radius 1 is 1.49 bits per heavy atom. The number of oxime groups is 1. The number of hydrogen-bond donors (Lipinski definition) is 3. The van der Waals surface area contributed by atoms with Crippen molar-refractivity contribution in [2.24, 2.45) is 5.16 Å². The van der Waals surface area contributed by atoms with Gasteiger partial charge in [0.15, 0.2) is 21.8 Å². The molecule has 2 aliphatic rings. The van der Waals surface area contributed by atoms with E-state index >= 15 is 0 Å². The quantitative estimate of drug-likeness (QED) is 0.0641. The first-order valence-corrected chi connectivity index (χ1v) is 14.1. The van der Waals surface area contributed by atoms with Crippen molar-refractivity contribution in [3.8, 4) is 12.3 Å². The second-order valence-electron chi connectivity index (χ2n) is 6.93. The summed E-state index contributed by atoms with van der Waals surface area (Å²) in [6, 6.07) is -1.04. The second kappa shape index (κ2) is 11.9. The minimum atomic E-state index is -1.24. The highest BCUT2D eigenvalue weighted by Gasteiger charge is 2.54. The van der Waals surface area contributed by atoms with Crippen molar-refractivity contribution < 1.29 is 29.1 Å². The normalized spacial score (nSPS) is 19.0. The molecule has 4 rings (SSSR count). The van der Waals surface area contributed by atoms with Gasteiger partial charge in [-0.3, -0.25) is 19.3 Å². The zero-order chi connectivity index (χ0) is 26.5. The van der Waals surface area contributed by atoms with E-state index in [1.54, 1.807) is 5.51 Å². The Morgan fingerprint density at radius 3 is 2.97 bits per heavy atom. The van der Waals surface area contributed by atoms with E-state index in [4.69, 9.17) is 22.9 Å². The highest BCUT2D eigenvalue weighted by Crippen LogP contribution is 2.41. The van der Waals surface area contributed by atoms with Crippen molar-refractivity contribution in [2.75, 3.05) is 23.4 Å². The number of thiazole rings is 1. The summed E-state index contributed by atoms with van der Waals surface area (Å²) < 4.78 is 0.709. The Kier molecular flexibility index (Phi) is 8.66. The minimum Gasteiger partial charge on any atom is -0.477 e. The monoisotopic (exact) mass is 599 g/mol. The van der Waals surface area contributed by atoms with Crippen LogP contribution in [-0.2, 0) is 24.0 Å². The molecule has 0 aromatic carbocycles. The van der Waals surface area contributed by atoms with Gasteiger partial charge in [0.05, 0.1) is 0 Å². The van der Waals surface area contributed by atoms with Crippen LogP contribution in [0.5, 0.6) is 0 Å². The van der Waals surface area contributed by atoms with Crippen LogP contribution in [0.15, 0.2) is 26.3 Å². The van der Waals surface area contributed by atoms with E-state index in [-0.39, 0.29) is 33.2 Å². The first-order chi connectivity index (χ1) is 17.8. The van der Waals surface area contributed by atoms with Crippen LogP contribution in [0, 0.1) is 12.3 Å². The van der Waals surface area contributed by atoms with Crippen LogP contribution in [0.3, 0.4) is 0 Å². The third-order valence-corrected chi connectivity index (χ3v) is 9.23. The number of halogens is 1. The number of hydrogen-bond acceptors (Lipinski definition) is 13. The van der Waals surface area contributed by atoms with Gasteiger partial charge in [0.25, 0.3) is 11.8 Å². The Bertz CT molecular complexity index is 1340. The van der Waals surface area contributed by atoms with Gasteiger partial charge in [-0.1, -0.05) is 57.1 Å². The molecule has 0 radical (unpaired) electrons. The Labute approximate surface area is 230 Å². The third kappa shape index (κ3) is 5.72. The number of nitrogens with one attached hydrogen (secondary N) is 2. The van der Waals surface area contributed by atoms with Crippen molar-refractivity contribution in [3.63, 3.8) is 0 Å². The lowest BCUT2D eigenvalue weighted by atomic mass is 10.0. The number of β-lactam (4-membered cyclic amide) rings is 1. The molecule has 1 unspecified atom stereocenters. The van der Waals surface area contributed by atoms with Gasteiger partial charge in [0, 0.05) is 11.5 Å². The van der Waals surface area contributed by atoms with Gasteiger partial charge < -0.3 is 20.6 Å². The number of aliphatic carboxylic acids is 1. The van der Waals surface area contributed by atoms with Crippen LogP contribution in [0.4, 0.5) is 5.13 Å². The standard InChI is InChI=1S/C19H14ClN7O6S4/c1-2-3-33-26-10(9-13(20)37-18(24-9)21-6-28)14(29)23-11-15(30)27-12(17(31)32)8(4-34-16(11)27)5-35-19-25-22-7-36-19/h1,6-7,11,16H,3-5H2,(H,23,29)(H,31,32)(H,21,24,28)/t11?,16-/m1/s1. The molecule has 2 atom stereocenters. The van der Waals surface area contributed by atoms with Crippen LogP contribution in [0.25, 0.3) is 0 Å². The van der Waals surface area contributed by atoms with Gasteiger partial charge in [-0.2, -0.15) is 0 Å². The van der Waals surface area contributed by atoms with Crippen molar-refractivity contribution in [1.29, 1.82) is 0 Å². The average molecular weight is 600 g/mol. The number of rotatable bonds is 11. The number of nitrogens with zero attached hydrogens (tertiary/aromatic N) is 5. The lowest BCUT2D eigenvalue weighted by Crippen LogP contribution is -2.71. The number of carbonyl (C=O) groups is 4. The molecule has 2 aromatic heterocycles. The molecule has 3 N–H and O–H groups in total. The smallest absolute Gasteiger partial charge is 0.352 e. The number of carboxylic acid groups (broad SMARTS) is 1. The van der Waals surface area contributed by atoms with Gasteiger partial charge >= 0.3 is 5.97 Å². The Balaban J connectivity index is 1.52. The molecule has 0 aliphatic carbocycles. The largest absolute Gasteiger partial charge is 0.477 e. The Hall–Kier alpha value is -3.17. The highest BCUT2D eigenvalue weighted by molar-refractivity contribution is 8.01. The number of carboxylic acids is 1. The summed E-state index contributed by atoms with van der Waals surface area (Å²) >= 11 is 11.0. The van der Waals surface area contributed by atoms with Gasteiger partial charge in [-0.05, 0) is 5.57 Å². The molecular weight excluding hydrogens is 586 g/mol. The van der Waals surface area contributed by atoms with E-state index in [0.717, 1.165) is 16.2 Å². The lowest BCUT2D eigenvalue weighted by Gasteiger charge is -2.49. The molecule has 0 spiro atoms. The summed E-state index contributed by atoms with van der Waals surface area (Å²) in [7, 11) is 0. The summed E-state index contributed by atoms with van der Waals surface area (Å²) in [6.07, 6.45) is 5.55. The fraction of sp³-hybridized carbons (Fsp3) is 0.263. The van der Waals surface area contributed by atoms with E-state index < -0.39 is 29.2 Å². The van der Waals surface area contributed by atoms with Crippen molar-refractivity contribution in [1.82, 2.24) is 25.4 Å². The summed E-state index contributed by atoms with van der Waals surface area (Å²) in [5.41, 5.74) is 1.55. The number of anilines is 1. The molecule has 13 nitrogen and oxygen atoms in total. The predicted molar refractivity (Wildman–Crippen MR) is 138 cm³/mol. The summed E-state index contributed by atoms with van der Waals surface area (Å²) in [6.45, 7) is -0.253. The molecule has 2 aromatic rings. The second-order valence-corrected chi connectivity index (χ2v) is 11.7. The molecular formula is C19H14ClN7O6S4. The number of amides is 3. The van der Waals surface area contributed by atoms with E-state index in [9.17, 15) is 24.3 Å². The molecule has 1 fully saturated rings. The lowest BCUT2D eigenvalue weighted by molar-refractivity contribution is -0.150. The van der Waals surface area contributed by atoms with E-state index in [2.05, 4.69) is 36.9 Å². The number of carbonyl (C=O) groups excluding carboxylic acids is 3. The number of aromatic nitrogens is 3. The summed E-state index contributed by atoms with van der Waals surface area (Å²) in [4.78, 5) is 59.0. The van der Waals surface area contributed by atoms with Crippen molar-refractivity contribution in [3.05, 3.63) is 26.8 Å². The van der Waals surface area contributed by atoms with Gasteiger partial charge in [0.2, 0.25) is 6.41 Å². The fourth-order valence-electron chi connectivity index (χ4n) is 3.26. The van der Waals surface area contributed by atoms with Crippen LogP contribution < -0.4 is 10.6 Å². The first kappa shape index (κ1) is 26.9. The third-order valence-electron chi connectivity index (χ3n) is 4.76. The molecule has 192 valence electrons. The zero-order valence-electron chi connectivity index (χ0n) is 18.2. The van der Waals surface area contributed by atoms with Gasteiger partial charge in [-0.15, -0.1) is 28.4 Å². The van der Waals surface area contributed by atoms with Crippen molar-refractivity contribution in [2.45, 2.75) is 15.8 Å². The minimum absolute atomic E-state index is 0.0323. The maximum absolute atomic E-state index is 13.1. The molecule has 37 heavy (non-hydrogen) atoms. The first-order valence-electron chi connectivity index (χ1n) is 9.95. The SMILES string of the molecule is C#CCON=C(C(=O)NC1C(=O)N2C(C(=O)O)=C(CSc3nncs3)CS[C@H]12)c1nc(NC=O)sc1Cl. The average Bonchev–Trinajstić information content (AvgIpc) is 3.52. The summed E-state index contributed by atoms with van der Waals surface area (Å²) in [5, 5.41) is 25.6. The molecule has 2 aliphatic heterocycles. The molecule has 1 saturated heterocycles. The Morgan fingerprint density at radius 2 is 2.30 bits per heavy atom. The molecule has 0 saturated carbocycles. The maximum atomic E-state index is 13.1. The topological polar surface area (TPSA) is 176 Å². The maximum Gasteiger partial charge on any atom is 0.352 e. The fourth-order valence-corrected chi connectivity index (χ4v) is 7.24. The van der Waals surface area contributed by atoms with Crippen LogP contribution in [0.1, 0.15) is 5.69 Å². The van der Waals surface area contributed by atoms with Crippen LogP contribution in [-0.4, -0.2) is 84.6 Å². The molecule has 4 heterocycles. The highest BCUT2D eigenvalue weighted by atomic mass is 35.5. The van der Waals surface area contributed by atoms with E-state index in [1.165, 1.54) is 34.9 Å². The number of thioether (sulfide) groups is 2. The van der Waals surface area contributed by atoms with Gasteiger partial charge in [-0.25, -0.2) is 9.78 Å². The van der Waals surface area contributed by atoms with Crippen molar-refractivity contribution >= 4 is 92.8 Å². The van der Waals surface area contributed by atoms with E-state index in [1.807, 2.05) is 0 Å². The van der Waals surface area contributed by atoms with Crippen LogP contribution in [0.2, 0.25) is 4.34 Å². The molecule has 0 bridgehead atoms. The number of terminal acetylenes is 1. The summed E-state index contributed by atoms with van der Waals surface area (Å²) in [5.74, 6) is 0.156. The zero-order valence-corrected chi connectivity index (χ0v) is 22.3.